The number of carboxylic acid groups (broad SMARTS) is 1. The molecule has 1 aliphatic rings. The predicted molar refractivity (Wildman–Crippen MR) is 55.7 cm³/mol. The van der Waals surface area contributed by atoms with Crippen LogP contribution in [0, 0.1) is 11.1 Å². The van der Waals surface area contributed by atoms with Gasteiger partial charge in [-0.15, -0.1) is 5.01 Å². The Morgan fingerprint density at radius 2 is 2.11 bits per heavy atom. The first-order chi connectivity index (χ1) is 8.50. The molecule has 0 saturated carbocycles. The summed E-state index contributed by atoms with van der Waals surface area (Å²) >= 11 is 0. The van der Waals surface area contributed by atoms with Crippen LogP contribution in [0.15, 0.2) is 5.28 Å². The summed E-state index contributed by atoms with van der Waals surface area (Å²) in [4.78, 5) is 25.8. The first-order valence-corrected chi connectivity index (χ1v) is 5.42. The van der Waals surface area contributed by atoms with Gasteiger partial charge in [0.2, 0.25) is 5.28 Å². The van der Waals surface area contributed by atoms with Gasteiger partial charge in [-0.1, -0.05) is 0 Å². The minimum absolute atomic E-state index is 0.238. The lowest BCUT2D eigenvalue weighted by atomic mass is 9.98. The van der Waals surface area contributed by atoms with Crippen LogP contribution in [0.4, 0.5) is 0 Å². The van der Waals surface area contributed by atoms with Crippen LogP contribution in [-0.2, 0) is 19.2 Å². The number of rotatable bonds is 5. The van der Waals surface area contributed by atoms with E-state index >= 15 is 0 Å². The molecule has 1 heterocycles. The maximum atomic E-state index is 11.4. The van der Waals surface area contributed by atoms with Crippen molar-refractivity contribution in [2.75, 3.05) is 19.9 Å². The van der Waals surface area contributed by atoms with Crippen LogP contribution >= 0.6 is 0 Å². The molecule has 1 aliphatic heterocycles. The topological polar surface area (TPSA) is 114 Å². The van der Waals surface area contributed by atoms with E-state index in [0.717, 1.165) is 0 Å². The van der Waals surface area contributed by atoms with Crippen LogP contribution in [0.3, 0.4) is 0 Å². The molecular formula is C9H15N3O6. The van der Waals surface area contributed by atoms with Crippen molar-refractivity contribution in [1.82, 2.24) is 5.01 Å². The molecule has 0 amide bonds. The van der Waals surface area contributed by atoms with Gasteiger partial charge < -0.3 is 19.9 Å². The summed E-state index contributed by atoms with van der Waals surface area (Å²) in [7, 11) is 0. The number of carbonyl (C=O) groups is 2. The number of aliphatic carboxylic acids is 1. The van der Waals surface area contributed by atoms with Crippen molar-refractivity contribution in [3.8, 4) is 0 Å². The third-order valence-electron chi connectivity index (χ3n) is 2.51. The van der Waals surface area contributed by atoms with E-state index < -0.39 is 24.6 Å². The highest BCUT2D eigenvalue weighted by Crippen LogP contribution is 2.17. The van der Waals surface area contributed by atoms with Crippen molar-refractivity contribution < 1.29 is 29.2 Å². The van der Waals surface area contributed by atoms with Gasteiger partial charge in [0, 0.05) is 6.92 Å². The minimum Gasteiger partial charge on any atom is -0.569 e. The molecule has 1 N–H and O–H groups in total. The number of esters is 1. The van der Waals surface area contributed by atoms with Gasteiger partial charge in [0.05, 0.1) is 24.0 Å². The molecule has 0 unspecified atom stereocenters. The Morgan fingerprint density at radius 3 is 2.61 bits per heavy atom. The molecule has 0 aromatic carbocycles. The van der Waals surface area contributed by atoms with Gasteiger partial charge >= 0.3 is 11.9 Å². The zero-order chi connectivity index (χ0) is 13.5. The highest BCUT2D eigenvalue weighted by molar-refractivity contribution is 5.70. The fourth-order valence-corrected chi connectivity index (χ4v) is 1.52. The van der Waals surface area contributed by atoms with Crippen LogP contribution in [0.5, 0.6) is 0 Å². The van der Waals surface area contributed by atoms with Crippen molar-refractivity contribution >= 4 is 11.9 Å². The average molecular weight is 261 g/mol. The van der Waals surface area contributed by atoms with Crippen molar-refractivity contribution in [3.05, 3.63) is 5.21 Å². The number of ether oxygens (including phenoxy) is 1. The van der Waals surface area contributed by atoms with Crippen molar-refractivity contribution in [2.24, 2.45) is 11.2 Å². The normalized spacial score (nSPS) is 17.4. The molecule has 1 saturated heterocycles. The quantitative estimate of drug-likeness (QED) is 0.186. The Bertz CT molecular complexity index is 337. The first-order valence-electron chi connectivity index (χ1n) is 5.42. The molecule has 0 radical (unpaired) electrons. The second-order valence-corrected chi connectivity index (χ2v) is 3.78. The number of hydrazine groups is 1. The van der Waals surface area contributed by atoms with E-state index in [0.29, 0.717) is 25.9 Å². The summed E-state index contributed by atoms with van der Waals surface area (Å²) in [5.74, 6) is -1.81. The molecule has 1 rings (SSSR count). The zero-order valence-corrected chi connectivity index (χ0v) is 9.94. The van der Waals surface area contributed by atoms with E-state index in [1.165, 1.54) is 11.9 Å². The van der Waals surface area contributed by atoms with E-state index in [2.05, 4.69) is 14.9 Å². The molecule has 9 heteroatoms. The average Bonchev–Trinajstić information content (AvgIpc) is 2.34. The van der Waals surface area contributed by atoms with E-state index in [9.17, 15) is 14.8 Å². The zero-order valence-electron chi connectivity index (χ0n) is 9.94. The fourth-order valence-electron chi connectivity index (χ4n) is 1.52. The molecule has 102 valence electrons. The third kappa shape index (κ3) is 4.44. The lowest BCUT2D eigenvalue weighted by molar-refractivity contribution is -0.713. The Hall–Kier alpha value is -2.06. The number of hydrogen-bond acceptors (Lipinski definition) is 6. The summed E-state index contributed by atoms with van der Waals surface area (Å²) in [6.45, 7) is 1.36. The summed E-state index contributed by atoms with van der Waals surface area (Å²) in [5.41, 5.74) is 0. The van der Waals surface area contributed by atoms with Gasteiger partial charge in [-0.2, -0.15) is 0 Å². The standard InChI is InChI=1S/C9H15N3O6/c1-7(13)17-6-18-10-12(16)11-4-2-8(3-5-11)9(14)15/h8H,2-6H2,1H3,(H,14,15). The second kappa shape index (κ2) is 6.62. The third-order valence-corrected chi connectivity index (χ3v) is 2.51. The van der Waals surface area contributed by atoms with Gasteiger partial charge in [0.1, 0.15) is 0 Å². The lowest BCUT2D eigenvalue weighted by Gasteiger charge is -2.25. The molecule has 0 aromatic heterocycles. The monoisotopic (exact) mass is 261 g/mol. The van der Waals surface area contributed by atoms with Crippen molar-refractivity contribution in [2.45, 2.75) is 19.8 Å². The summed E-state index contributed by atoms with van der Waals surface area (Å²) in [6.07, 6.45) is 0.765. The molecule has 18 heavy (non-hydrogen) atoms. The Morgan fingerprint density at radius 1 is 1.50 bits per heavy atom. The van der Waals surface area contributed by atoms with Crippen LogP contribution < -0.4 is 0 Å². The number of nitrogens with zero attached hydrogens (tertiary/aromatic N) is 3. The van der Waals surface area contributed by atoms with Gasteiger partial charge in [-0.05, 0) is 12.8 Å². The maximum Gasteiger partial charge on any atom is 0.306 e. The number of piperidine rings is 1. The van der Waals surface area contributed by atoms with Crippen LogP contribution in [0.1, 0.15) is 19.8 Å². The molecule has 0 spiro atoms. The molecule has 9 nitrogen and oxygen atoms in total. The predicted octanol–water partition coefficient (Wildman–Crippen LogP) is 0.113. The number of carbonyl (C=O) groups excluding carboxylic acids is 1. The Kier molecular flexibility index (Phi) is 5.15. The van der Waals surface area contributed by atoms with Crippen molar-refractivity contribution in [1.29, 1.82) is 0 Å². The van der Waals surface area contributed by atoms with Gasteiger partial charge in [-0.3, -0.25) is 9.59 Å². The Balaban J connectivity index is 2.30. The molecule has 0 atom stereocenters. The molecule has 0 bridgehead atoms. The number of carboxylic acids is 1. The van der Waals surface area contributed by atoms with Crippen LogP contribution in [0.2, 0.25) is 0 Å². The summed E-state index contributed by atoms with van der Waals surface area (Å²) in [5, 5.41) is 24.6. The maximum absolute atomic E-state index is 11.4. The number of hydrogen-bond donors (Lipinski definition) is 1. The largest absolute Gasteiger partial charge is 0.569 e. The van der Waals surface area contributed by atoms with Gasteiger partial charge in [-0.25, -0.2) is 0 Å². The summed E-state index contributed by atoms with van der Waals surface area (Å²) in [6, 6.07) is 0. The molecule has 0 aliphatic carbocycles. The SMILES string of the molecule is CC(=O)OCON=[N+]([O-])N1CCC(C(=O)O)CC1. The lowest BCUT2D eigenvalue weighted by Crippen LogP contribution is -2.40. The van der Waals surface area contributed by atoms with Gasteiger partial charge in [0.15, 0.2) is 0 Å². The first kappa shape index (κ1) is 14.0. The van der Waals surface area contributed by atoms with Crippen molar-refractivity contribution in [3.63, 3.8) is 0 Å². The van der Waals surface area contributed by atoms with Crippen LogP contribution in [0.25, 0.3) is 0 Å². The molecule has 1 fully saturated rings. The smallest absolute Gasteiger partial charge is 0.306 e. The van der Waals surface area contributed by atoms with Gasteiger partial charge in [0.25, 0.3) is 6.79 Å². The molecular weight excluding hydrogens is 246 g/mol. The van der Waals surface area contributed by atoms with E-state index in [4.69, 9.17) is 5.11 Å². The van der Waals surface area contributed by atoms with E-state index in [1.54, 1.807) is 0 Å². The van der Waals surface area contributed by atoms with E-state index in [1.807, 2.05) is 0 Å². The minimum atomic E-state index is -0.852. The Labute approximate surface area is 103 Å². The van der Waals surface area contributed by atoms with Crippen LogP contribution in [-0.4, -0.2) is 46.9 Å². The second-order valence-electron chi connectivity index (χ2n) is 3.78. The van der Waals surface area contributed by atoms with E-state index in [-0.39, 0.29) is 4.97 Å². The molecule has 0 aromatic rings. The highest BCUT2D eigenvalue weighted by Gasteiger charge is 2.28. The fraction of sp³-hybridized carbons (Fsp3) is 0.778. The summed E-state index contributed by atoms with van der Waals surface area (Å²) < 4.78 is 4.41. The highest BCUT2D eigenvalue weighted by atomic mass is 16.8.